The summed E-state index contributed by atoms with van der Waals surface area (Å²) in [5, 5.41) is 13.0. The largest absolute Gasteiger partial charge is 0.508 e. The first-order valence-corrected chi connectivity index (χ1v) is 7.43. The van der Waals surface area contributed by atoms with Crippen molar-refractivity contribution >= 4 is 5.91 Å². The normalized spacial score (nSPS) is 22.8. The average Bonchev–Trinajstić information content (AvgIpc) is 2.45. The van der Waals surface area contributed by atoms with Crippen LogP contribution < -0.4 is 5.32 Å². The Balaban J connectivity index is 1.97. The molecule has 1 aliphatic rings. The van der Waals surface area contributed by atoms with E-state index in [1.54, 1.807) is 18.2 Å². The Morgan fingerprint density at radius 1 is 1.50 bits per heavy atom. The van der Waals surface area contributed by atoms with Gasteiger partial charge in [0.2, 0.25) is 0 Å². The summed E-state index contributed by atoms with van der Waals surface area (Å²) >= 11 is 0. The minimum absolute atomic E-state index is 0.0155. The fourth-order valence-corrected chi connectivity index (χ4v) is 2.78. The van der Waals surface area contributed by atoms with Crippen LogP contribution in [-0.4, -0.2) is 41.6 Å². The van der Waals surface area contributed by atoms with E-state index in [4.69, 9.17) is 0 Å². The predicted octanol–water partition coefficient (Wildman–Crippen LogP) is 2.24. The van der Waals surface area contributed by atoms with Crippen molar-refractivity contribution in [3.8, 4) is 5.75 Å². The number of benzene rings is 1. The lowest BCUT2D eigenvalue weighted by Crippen LogP contribution is -2.50. The molecule has 0 aliphatic carbocycles. The molecule has 110 valence electrons. The highest BCUT2D eigenvalue weighted by atomic mass is 16.3. The maximum atomic E-state index is 12.4. The van der Waals surface area contributed by atoms with Crippen molar-refractivity contribution in [3.05, 3.63) is 29.8 Å². The number of nitrogens with zero attached hydrogens (tertiary/aromatic N) is 1. The Morgan fingerprint density at radius 3 is 2.95 bits per heavy atom. The van der Waals surface area contributed by atoms with Crippen molar-refractivity contribution in [2.45, 2.75) is 32.7 Å². The quantitative estimate of drug-likeness (QED) is 0.887. The number of nitrogens with one attached hydrogen (secondary N) is 1. The zero-order chi connectivity index (χ0) is 14.5. The molecule has 2 N–H and O–H groups in total. The molecule has 2 unspecified atom stereocenters. The van der Waals surface area contributed by atoms with Crippen molar-refractivity contribution < 1.29 is 9.90 Å². The third kappa shape index (κ3) is 3.51. The van der Waals surface area contributed by atoms with E-state index in [-0.39, 0.29) is 11.7 Å². The van der Waals surface area contributed by atoms with E-state index in [2.05, 4.69) is 19.2 Å². The summed E-state index contributed by atoms with van der Waals surface area (Å²) in [5.41, 5.74) is 0.567. The summed E-state index contributed by atoms with van der Waals surface area (Å²) in [6.07, 6.45) is 2.13. The molecule has 0 radical (unpaired) electrons. The standard InChI is InChI=1S/C16H24N2O2/c1-3-8-17-15-7-9-18(11-12(15)2)16(20)13-5-4-6-14(19)10-13/h4-6,10,12,15,17,19H,3,7-9,11H2,1-2H3. The Morgan fingerprint density at radius 2 is 2.30 bits per heavy atom. The molecule has 1 heterocycles. The fourth-order valence-electron chi connectivity index (χ4n) is 2.78. The van der Waals surface area contributed by atoms with Crippen molar-refractivity contribution in [2.75, 3.05) is 19.6 Å². The Bertz CT molecular complexity index is 462. The molecule has 0 bridgehead atoms. The molecule has 0 spiro atoms. The molecule has 2 atom stereocenters. The first-order chi connectivity index (χ1) is 9.61. The molecule has 1 amide bonds. The highest BCUT2D eigenvalue weighted by Crippen LogP contribution is 2.20. The molecule has 1 saturated heterocycles. The maximum absolute atomic E-state index is 12.4. The number of piperidine rings is 1. The SMILES string of the molecule is CCCNC1CCN(C(=O)c2cccc(O)c2)CC1C. The molecule has 1 aromatic carbocycles. The van der Waals surface area contributed by atoms with Gasteiger partial charge in [-0.05, 0) is 43.5 Å². The van der Waals surface area contributed by atoms with Crippen molar-refractivity contribution in [2.24, 2.45) is 5.92 Å². The number of hydrogen-bond acceptors (Lipinski definition) is 3. The van der Waals surface area contributed by atoms with E-state index in [0.29, 0.717) is 17.5 Å². The van der Waals surface area contributed by atoms with Gasteiger partial charge in [-0.2, -0.15) is 0 Å². The van der Waals surface area contributed by atoms with E-state index < -0.39 is 0 Å². The van der Waals surface area contributed by atoms with Gasteiger partial charge < -0.3 is 15.3 Å². The molecule has 4 heteroatoms. The second-order valence-corrected chi connectivity index (χ2v) is 5.63. The topological polar surface area (TPSA) is 52.6 Å². The Kier molecular flexibility index (Phi) is 5.01. The van der Waals surface area contributed by atoms with Crippen molar-refractivity contribution in [3.63, 3.8) is 0 Å². The molecule has 1 fully saturated rings. The first-order valence-electron chi connectivity index (χ1n) is 7.43. The summed E-state index contributed by atoms with van der Waals surface area (Å²) < 4.78 is 0. The second kappa shape index (κ2) is 6.75. The Labute approximate surface area is 120 Å². The summed E-state index contributed by atoms with van der Waals surface area (Å²) in [7, 11) is 0. The van der Waals surface area contributed by atoms with Gasteiger partial charge in [0.1, 0.15) is 5.75 Å². The number of carbonyl (C=O) groups excluding carboxylic acids is 1. The third-order valence-corrected chi connectivity index (χ3v) is 3.94. The fraction of sp³-hybridized carbons (Fsp3) is 0.562. The summed E-state index contributed by atoms with van der Waals surface area (Å²) in [6, 6.07) is 7.09. The van der Waals surface area contributed by atoms with Gasteiger partial charge in [-0.15, -0.1) is 0 Å². The molecule has 0 aromatic heterocycles. The smallest absolute Gasteiger partial charge is 0.253 e. The predicted molar refractivity (Wildman–Crippen MR) is 79.9 cm³/mol. The van der Waals surface area contributed by atoms with Crippen LogP contribution in [-0.2, 0) is 0 Å². The van der Waals surface area contributed by atoms with Gasteiger partial charge in [0, 0.05) is 24.7 Å². The van der Waals surface area contributed by atoms with E-state index in [0.717, 1.165) is 32.5 Å². The van der Waals surface area contributed by atoms with E-state index in [1.165, 1.54) is 6.07 Å². The summed E-state index contributed by atoms with van der Waals surface area (Å²) in [6.45, 7) is 6.94. The van der Waals surface area contributed by atoms with Crippen LogP contribution in [0.1, 0.15) is 37.0 Å². The number of hydrogen-bond donors (Lipinski definition) is 2. The van der Waals surface area contributed by atoms with Crippen LogP contribution in [0.2, 0.25) is 0 Å². The van der Waals surface area contributed by atoms with Crippen LogP contribution in [0.25, 0.3) is 0 Å². The van der Waals surface area contributed by atoms with Gasteiger partial charge >= 0.3 is 0 Å². The minimum Gasteiger partial charge on any atom is -0.508 e. The number of likely N-dealkylation sites (tertiary alicyclic amines) is 1. The Hall–Kier alpha value is -1.55. The number of carbonyl (C=O) groups is 1. The van der Waals surface area contributed by atoms with Gasteiger partial charge in [0.15, 0.2) is 0 Å². The number of aromatic hydroxyl groups is 1. The van der Waals surface area contributed by atoms with Crippen LogP contribution in [0.15, 0.2) is 24.3 Å². The van der Waals surface area contributed by atoms with Crippen LogP contribution in [0.4, 0.5) is 0 Å². The lowest BCUT2D eigenvalue weighted by molar-refractivity contribution is 0.0645. The van der Waals surface area contributed by atoms with Crippen molar-refractivity contribution in [1.29, 1.82) is 0 Å². The van der Waals surface area contributed by atoms with Gasteiger partial charge in [-0.1, -0.05) is 19.9 Å². The van der Waals surface area contributed by atoms with Crippen LogP contribution >= 0.6 is 0 Å². The zero-order valence-corrected chi connectivity index (χ0v) is 12.3. The third-order valence-electron chi connectivity index (χ3n) is 3.94. The summed E-state index contributed by atoms with van der Waals surface area (Å²) in [5.74, 6) is 0.613. The number of rotatable bonds is 4. The van der Waals surface area contributed by atoms with Gasteiger partial charge in [0.25, 0.3) is 5.91 Å². The zero-order valence-electron chi connectivity index (χ0n) is 12.3. The molecule has 1 aromatic rings. The number of phenolic OH excluding ortho intramolecular Hbond substituents is 1. The minimum atomic E-state index is 0.0155. The lowest BCUT2D eigenvalue weighted by atomic mass is 9.93. The van der Waals surface area contributed by atoms with E-state index >= 15 is 0 Å². The first kappa shape index (κ1) is 14.9. The van der Waals surface area contributed by atoms with Crippen LogP contribution in [0.3, 0.4) is 0 Å². The molecule has 20 heavy (non-hydrogen) atoms. The maximum Gasteiger partial charge on any atom is 0.253 e. The van der Waals surface area contributed by atoms with Gasteiger partial charge in [-0.25, -0.2) is 0 Å². The van der Waals surface area contributed by atoms with Crippen LogP contribution in [0, 0.1) is 5.92 Å². The highest BCUT2D eigenvalue weighted by molar-refractivity contribution is 5.94. The van der Waals surface area contributed by atoms with Crippen molar-refractivity contribution in [1.82, 2.24) is 10.2 Å². The average molecular weight is 276 g/mol. The second-order valence-electron chi connectivity index (χ2n) is 5.63. The van der Waals surface area contributed by atoms with Gasteiger partial charge in [-0.3, -0.25) is 4.79 Å². The summed E-state index contributed by atoms with van der Waals surface area (Å²) in [4.78, 5) is 14.3. The molecular weight excluding hydrogens is 252 g/mol. The molecule has 1 aliphatic heterocycles. The highest BCUT2D eigenvalue weighted by Gasteiger charge is 2.28. The lowest BCUT2D eigenvalue weighted by Gasteiger charge is -2.37. The molecule has 4 nitrogen and oxygen atoms in total. The number of phenols is 1. The van der Waals surface area contributed by atoms with E-state index in [9.17, 15) is 9.90 Å². The monoisotopic (exact) mass is 276 g/mol. The number of amides is 1. The molecule has 2 rings (SSSR count). The molecule has 0 saturated carbocycles. The van der Waals surface area contributed by atoms with Crippen LogP contribution in [0.5, 0.6) is 5.75 Å². The van der Waals surface area contributed by atoms with Gasteiger partial charge in [0.05, 0.1) is 0 Å². The van der Waals surface area contributed by atoms with E-state index in [1.807, 2.05) is 4.90 Å². The molecular formula is C16H24N2O2.